The van der Waals surface area contributed by atoms with Gasteiger partial charge in [-0.2, -0.15) is 0 Å². The third-order valence-corrected chi connectivity index (χ3v) is 4.56. The molecule has 0 radical (unpaired) electrons. The molecule has 2 nitrogen and oxygen atoms in total. The molecular weight excluding hydrogens is 252 g/mol. The molecule has 0 spiro atoms. The van der Waals surface area contributed by atoms with Gasteiger partial charge in [0.1, 0.15) is 0 Å². The lowest BCUT2D eigenvalue weighted by atomic mass is 9.97. The fraction of sp³-hybridized carbons (Fsp3) is 0.312. The summed E-state index contributed by atoms with van der Waals surface area (Å²) in [6.07, 6.45) is 3.31. The van der Waals surface area contributed by atoms with Crippen LogP contribution in [0, 0.1) is 6.92 Å². The average Bonchev–Trinajstić information content (AvgIpc) is 3.03. The number of thiazole rings is 1. The van der Waals surface area contributed by atoms with E-state index in [0.29, 0.717) is 5.92 Å². The number of hydrogen-bond donors (Lipinski definition) is 1. The fourth-order valence-corrected chi connectivity index (χ4v) is 3.12. The molecule has 19 heavy (non-hydrogen) atoms. The molecule has 2 aromatic heterocycles. The Morgan fingerprint density at radius 1 is 1.37 bits per heavy atom. The van der Waals surface area contributed by atoms with E-state index in [1.165, 1.54) is 22.0 Å². The Hall–Kier alpha value is -1.61. The molecular formula is C16H18N2S. The molecule has 3 heteroatoms. The second-order valence-electron chi connectivity index (χ2n) is 5.03. The summed E-state index contributed by atoms with van der Waals surface area (Å²) in [4.78, 5) is 8.05. The second-order valence-corrected chi connectivity index (χ2v) is 6.10. The van der Waals surface area contributed by atoms with E-state index in [1.807, 2.05) is 6.92 Å². The first kappa shape index (κ1) is 12.4. The summed E-state index contributed by atoms with van der Waals surface area (Å²) >= 11 is 1.70. The number of hydrogen-bond acceptors (Lipinski definition) is 2. The van der Waals surface area contributed by atoms with Gasteiger partial charge in [0.15, 0.2) is 0 Å². The van der Waals surface area contributed by atoms with Gasteiger partial charge in [-0.15, -0.1) is 11.3 Å². The highest BCUT2D eigenvalue weighted by Crippen LogP contribution is 2.33. The third-order valence-electron chi connectivity index (χ3n) is 3.79. The summed E-state index contributed by atoms with van der Waals surface area (Å²) in [7, 11) is 0. The van der Waals surface area contributed by atoms with Crippen molar-refractivity contribution in [1.82, 2.24) is 9.97 Å². The number of rotatable bonds is 3. The van der Waals surface area contributed by atoms with Crippen LogP contribution in [0.4, 0.5) is 0 Å². The van der Waals surface area contributed by atoms with Gasteiger partial charge in [-0.05, 0) is 24.8 Å². The van der Waals surface area contributed by atoms with Crippen molar-refractivity contribution in [2.75, 3.05) is 0 Å². The molecule has 1 N–H and O–H groups in total. The number of H-pyrrole nitrogens is 1. The minimum absolute atomic E-state index is 0.584. The summed E-state index contributed by atoms with van der Waals surface area (Å²) in [5.74, 6) is 0.584. The minimum atomic E-state index is 0.584. The highest BCUT2D eigenvalue weighted by Gasteiger charge is 2.13. The van der Waals surface area contributed by atoms with E-state index in [2.05, 4.69) is 53.6 Å². The highest BCUT2D eigenvalue weighted by molar-refractivity contribution is 7.09. The monoisotopic (exact) mass is 270 g/mol. The fourth-order valence-electron chi connectivity index (χ4n) is 2.50. The lowest BCUT2D eigenvalue weighted by molar-refractivity contribution is 0.739. The van der Waals surface area contributed by atoms with Gasteiger partial charge in [0.05, 0.1) is 16.2 Å². The van der Waals surface area contributed by atoms with E-state index in [4.69, 9.17) is 0 Å². The summed E-state index contributed by atoms with van der Waals surface area (Å²) in [5, 5.41) is 4.58. The Bertz CT molecular complexity index is 708. The Labute approximate surface area is 117 Å². The molecule has 1 unspecified atom stereocenters. The molecule has 98 valence electrons. The smallest absolute Gasteiger partial charge is 0.0901 e. The van der Waals surface area contributed by atoms with Gasteiger partial charge < -0.3 is 4.98 Å². The number of nitrogens with zero attached hydrogens (tertiary/aromatic N) is 1. The van der Waals surface area contributed by atoms with Gasteiger partial charge in [-0.1, -0.05) is 32.0 Å². The van der Waals surface area contributed by atoms with Crippen molar-refractivity contribution in [3.8, 4) is 11.3 Å². The maximum absolute atomic E-state index is 4.60. The summed E-state index contributed by atoms with van der Waals surface area (Å²) in [5.41, 5.74) is 4.90. The first-order valence-electron chi connectivity index (χ1n) is 6.73. The summed E-state index contributed by atoms with van der Waals surface area (Å²) in [6, 6.07) is 6.48. The molecule has 3 rings (SSSR count). The number of aryl methyl sites for hydroxylation is 1. The number of para-hydroxylation sites is 1. The SMILES string of the molecule is CCC(C)c1c[nH]c2c(-c3csc(C)n3)cccc12. The van der Waals surface area contributed by atoms with Crippen LogP contribution in [0.3, 0.4) is 0 Å². The molecule has 2 heterocycles. The van der Waals surface area contributed by atoms with Gasteiger partial charge in [-0.25, -0.2) is 4.98 Å². The van der Waals surface area contributed by atoms with Crippen molar-refractivity contribution in [2.24, 2.45) is 0 Å². The zero-order valence-corrected chi connectivity index (χ0v) is 12.3. The predicted molar refractivity (Wildman–Crippen MR) is 82.8 cm³/mol. The van der Waals surface area contributed by atoms with Gasteiger partial charge >= 0.3 is 0 Å². The Morgan fingerprint density at radius 3 is 2.89 bits per heavy atom. The van der Waals surface area contributed by atoms with E-state index in [9.17, 15) is 0 Å². The van der Waals surface area contributed by atoms with Crippen molar-refractivity contribution in [1.29, 1.82) is 0 Å². The predicted octanol–water partition coefficient (Wildman–Crippen LogP) is 5.11. The Morgan fingerprint density at radius 2 is 2.21 bits per heavy atom. The second kappa shape index (κ2) is 4.82. The number of aromatic nitrogens is 2. The van der Waals surface area contributed by atoms with Crippen LogP contribution in [0.5, 0.6) is 0 Å². The summed E-state index contributed by atoms with van der Waals surface area (Å²) in [6.45, 7) is 6.56. The van der Waals surface area contributed by atoms with Crippen LogP contribution >= 0.6 is 11.3 Å². The first-order chi connectivity index (χ1) is 9.20. The Balaban J connectivity index is 2.20. The lowest BCUT2D eigenvalue weighted by Gasteiger charge is -2.07. The molecule has 0 saturated heterocycles. The maximum atomic E-state index is 4.60. The van der Waals surface area contributed by atoms with Crippen LogP contribution in [0.1, 0.15) is 36.8 Å². The molecule has 1 aromatic carbocycles. The average molecular weight is 270 g/mol. The van der Waals surface area contributed by atoms with E-state index < -0.39 is 0 Å². The molecule has 3 aromatic rings. The Kier molecular flexibility index (Phi) is 3.15. The van der Waals surface area contributed by atoms with Crippen molar-refractivity contribution in [2.45, 2.75) is 33.1 Å². The third kappa shape index (κ3) is 2.08. The highest BCUT2D eigenvalue weighted by atomic mass is 32.1. The number of fused-ring (bicyclic) bond motifs is 1. The van der Waals surface area contributed by atoms with Crippen LogP contribution in [0.2, 0.25) is 0 Å². The molecule has 0 aliphatic carbocycles. The van der Waals surface area contributed by atoms with Gasteiger partial charge in [0, 0.05) is 22.5 Å². The molecule has 0 saturated carbocycles. The van der Waals surface area contributed by atoms with Gasteiger partial charge in [0.25, 0.3) is 0 Å². The minimum Gasteiger partial charge on any atom is -0.360 e. The van der Waals surface area contributed by atoms with E-state index in [0.717, 1.165) is 17.1 Å². The van der Waals surface area contributed by atoms with Crippen LogP contribution < -0.4 is 0 Å². The molecule has 0 aliphatic rings. The molecule has 0 aliphatic heterocycles. The first-order valence-corrected chi connectivity index (χ1v) is 7.61. The molecule has 0 bridgehead atoms. The zero-order valence-electron chi connectivity index (χ0n) is 11.5. The summed E-state index contributed by atoms with van der Waals surface area (Å²) < 4.78 is 0. The van der Waals surface area contributed by atoms with Crippen molar-refractivity contribution in [3.05, 3.63) is 40.3 Å². The molecule has 0 fully saturated rings. The number of nitrogens with one attached hydrogen (secondary N) is 1. The number of aromatic amines is 1. The van der Waals surface area contributed by atoms with Crippen LogP contribution in [-0.2, 0) is 0 Å². The van der Waals surface area contributed by atoms with Crippen LogP contribution in [-0.4, -0.2) is 9.97 Å². The largest absolute Gasteiger partial charge is 0.360 e. The maximum Gasteiger partial charge on any atom is 0.0901 e. The van der Waals surface area contributed by atoms with Gasteiger partial charge in [0.2, 0.25) is 0 Å². The molecule has 1 atom stereocenters. The van der Waals surface area contributed by atoms with E-state index in [1.54, 1.807) is 11.3 Å². The standard InChI is InChI=1S/C16H18N2S/c1-4-10(2)14-8-17-16-12(14)6-5-7-13(16)15-9-19-11(3)18-15/h5-10,17H,4H2,1-3H3. The van der Waals surface area contributed by atoms with E-state index >= 15 is 0 Å². The molecule has 0 amide bonds. The number of benzene rings is 1. The van der Waals surface area contributed by atoms with E-state index in [-0.39, 0.29) is 0 Å². The quantitative estimate of drug-likeness (QED) is 0.703. The van der Waals surface area contributed by atoms with Crippen molar-refractivity contribution >= 4 is 22.2 Å². The topological polar surface area (TPSA) is 28.7 Å². The van der Waals surface area contributed by atoms with Crippen molar-refractivity contribution in [3.63, 3.8) is 0 Å². The van der Waals surface area contributed by atoms with Crippen molar-refractivity contribution < 1.29 is 0 Å². The normalized spacial score (nSPS) is 13.0. The lowest BCUT2D eigenvalue weighted by Crippen LogP contribution is -1.88. The van der Waals surface area contributed by atoms with Crippen LogP contribution in [0.15, 0.2) is 29.8 Å². The zero-order chi connectivity index (χ0) is 13.4. The van der Waals surface area contributed by atoms with Gasteiger partial charge in [-0.3, -0.25) is 0 Å². The van der Waals surface area contributed by atoms with Crippen LogP contribution in [0.25, 0.3) is 22.2 Å².